The molecule has 0 amide bonds. The van der Waals surface area contributed by atoms with E-state index in [-0.39, 0.29) is 12.2 Å². The second-order valence-corrected chi connectivity index (χ2v) is 6.19. The minimum atomic E-state index is -0.884. The third kappa shape index (κ3) is 3.61. The maximum absolute atomic E-state index is 12.2. The highest BCUT2D eigenvalue weighted by Gasteiger charge is 2.46. The summed E-state index contributed by atoms with van der Waals surface area (Å²) in [5, 5.41) is 10.5. The Labute approximate surface area is 140 Å². The minimum Gasteiger partial charge on any atom is -0.388 e. The van der Waals surface area contributed by atoms with Gasteiger partial charge in [0, 0.05) is 18.9 Å². The molecule has 1 saturated heterocycles. The largest absolute Gasteiger partial charge is 0.388 e. The number of hydrogen-bond acceptors (Lipinski definition) is 6. The van der Waals surface area contributed by atoms with E-state index in [0.717, 1.165) is 0 Å². The molecule has 1 fully saturated rings. The van der Waals surface area contributed by atoms with Gasteiger partial charge in [0.25, 0.3) is 5.56 Å². The van der Waals surface area contributed by atoms with Gasteiger partial charge in [-0.15, -0.1) is 0 Å². The Morgan fingerprint density at radius 2 is 2.04 bits per heavy atom. The smallest absolute Gasteiger partial charge is 0.330 e. The van der Waals surface area contributed by atoms with Crippen LogP contribution in [0.3, 0.4) is 0 Å². The molecule has 0 aromatic carbocycles. The van der Waals surface area contributed by atoms with E-state index in [1.54, 1.807) is 14.0 Å². The van der Waals surface area contributed by atoms with E-state index in [2.05, 4.69) is 4.98 Å². The fraction of sp³-hybridized carbons (Fsp3) is 0.750. The number of aryl methyl sites for hydroxylation is 1. The second-order valence-electron chi connectivity index (χ2n) is 6.19. The lowest BCUT2D eigenvalue weighted by molar-refractivity contribution is -0.129. The Hall–Kier alpha value is -1.48. The molecule has 1 unspecified atom stereocenters. The molecular weight excluding hydrogens is 316 g/mol. The molecule has 1 aromatic rings. The van der Waals surface area contributed by atoms with Gasteiger partial charge < -0.3 is 19.3 Å². The first-order valence-electron chi connectivity index (χ1n) is 8.14. The van der Waals surface area contributed by atoms with Crippen molar-refractivity contribution in [2.45, 2.75) is 70.9 Å². The normalized spacial score (nSPS) is 29.6. The van der Waals surface area contributed by atoms with E-state index in [4.69, 9.17) is 14.2 Å². The molecule has 2 N–H and O–H groups in total. The molecule has 0 saturated carbocycles. The summed E-state index contributed by atoms with van der Waals surface area (Å²) in [5.41, 5.74) is -0.661. The summed E-state index contributed by atoms with van der Waals surface area (Å²) in [6, 6.07) is 0. The summed E-state index contributed by atoms with van der Waals surface area (Å²) >= 11 is 0. The quantitative estimate of drug-likeness (QED) is 0.772. The maximum Gasteiger partial charge on any atom is 0.330 e. The molecule has 1 aliphatic heterocycles. The average molecular weight is 342 g/mol. The Kier molecular flexibility index (Phi) is 5.97. The first kappa shape index (κ1) is 18.9. The van der Waals surface area contributed by atoms with Gasteiger partial charge in [0.15, 0.2) is 6.23 Å². The van der Waals surface area contributed by atoms with E-state index >= 15 is 0 Å². The van der Waals surface area contributed by atoms with Crippen LogP contribution in [0, 0.1) is 6.92 Å². The summed E-state index contributed by atoms with van der Waals surface area (Å²) in [4.78, 5) is 26.0. The van der Waals surface area contributed by atoms with Crippen LogP contribution in [-0.2, 0) is 14.2 Å². The molecule has 2 heterocycles. The third-order valence-corrected chi connectivity index (χ3v) is 4.54. The first-order chi connectivity index (χ1) is 11.3. The number of aromatic nitrogens is 2. The van der Waals surface area contributed by atoms with Gasteiger partial charge in [-0.2, -0.15) is 0 Å². The predicted octanol–water partition coefficient (Wildman–Crippen LogP) is 0.322. The number of aliphatic hydroxyl groups excluding tert-OH is 1. The number of methoxy groups -OCH3 is 1. The molecule has 1 aromatic heterocycles. The zero-order valence-corrected chi connectivity index (χ0v) is 14.7. The number of nitrogens with one attached hydrogen (secondary N) is 1. The number of aliphatic hydroxyl groups is 1. The standard InChI is InChI=1S/C16H26N2O6/c1-6-11-12(19)13(23-10(4)9(3)22-5)15(24-11)18-7-8(2)14(20)17-16(18)21/h7,9-13,15,19H,6H2,1-5H3,(H,17,20,21)/t9-,10+,11-,12+,13?,15-/m1/s1. The molecule has 24 heavy (non-hydrogen) atoms. The molecule has 136 valence electrons. The lowest BCUT2D eigenvalue weighted by Crippen LogP contribution is -2.42. The Morgan fingerprint density at radius 1 is 1.38 bits per heavy atom. The lowest BCUT2D eigenvalue weighted by atomic mass is 10.1. The van der Waals surface area contributed by atoms with Gasteiger partial charge in [0.05, 0.1) is 18.3 Å². The fourth-order valence-corrected chi connectivity index (χ4v) is 2.75. The van der Waals surface area contributed by atoms with Gasteiger partial charge in [0.2, 0.25) is 0 Å². The van der Waals surface area contributed by atoms with Crippen molar-refractivity contribution in [2.24, 2.45) is 0 Å². The molecule has 0 radical (unpaired) electrons. The van der Waals surface area contributed by atoms with E-state index in [0.29, 0.717) is 12.0 Å². The molecule has 1 aliphatic rings. The van der Waals surface area contributed by atoms with Crippen LogP contribution < -0.4 is 11.2 Å². The molecule has 0 aliphatic carbocycles. The summed E-state index contributed by atoms with van der Waals surface area (Å²) in [6.45, 7) is 7.17. The number of ether oxygens (including phenoxy) is 3. The van der Waals surface area contributed by atoms with Crippen LogP contribution in [0.25, 0.3) is 0 Å². The van der Waals surface area contributed by atoms with Crippen LogP contribution in [0.2, 0.25) is 0 Å². The maximum atomic E-state index is 12.2. The predicted molar refractivity (Wildman–Crippen MR) is 87.1 cm³/mol. The number of nitrogens with zero attached hydrogens (tertiary/aromatic N) is 1. The van der Waals surface area contributed by atoms with Gasteiger partial charge >= 0.3 is 5.69 Å². The van der Waals surface area contributed by atoms with Gasteiger partial charge in [-0.05, 0) is 27.2 Å². The van der Waals surface area contributed by atoms with Crippen molar-refractivity contribution >= 4 is 0 Å². The van der Waals surface area contributed by atoms with Crippen LogP contribution in [0.1, 0.15) is 39.0 Å². The number of rotatable bonds is 6. The van der Waals surface area contributed by atoms with E-state index in [1.165, 1.54) is 10.8 Å². The molecule has 0 bridgehead atoms. The van der Waals surface area contributed by atoms with Crippen LogP contribution >= 0.6 is 0 Å². The summed E-state index contributed by atoms with van der Waals surface area (Å²) in [5.74, 6) is 0. The SMILES string of the molecule is CC[C@H]1O[C@@H](n2cc(C)c(=O)[nH]c2=O)C(O[C@@H](C)[C@@H](C)OC)[C@H]1O. The topological polar surface area (TPSA) is 103 Å². The van der Waals surface area contributed by atoms with Crippen molar-refractivity contribution < 1.29 is 19.3 Å². The molecule has 2 rings (SSSR count). The highest BCUT2D eigenvalue weighted by Crippen LogP contribution is 2.33. The van der Waals surface area contributed by atoms with Crippen molar-refractivity contribution in [3.05, 3.63) is 32.6 Å². The van der Waals surface area contributed by atoms with Gasteiger partial charge in [0.1, 0.15) is 12.2 Å². The van der Waals surface area contributed by atoms with E-state index in [1.807, 2.05) is 20.8 Å². The summed E-state index contributed by atoms with van der Waals surface area (Å²) in [6.07, 6.45) is -1.40. The Balaban J connectivity index is 2.36. The molecule has 0 spiro atoms. The number of hydrogen-bond donors (Lipinski definition) is 2. The minimum absolute atomic E-state index is 0.187. The highest BCUT2D eigenvalue weighted by molar-refractivity contribution is 5.03. The fourth-order valence-electron chi connectivity index (χ4n) is 2.75. The summed E-state index contributed by atoms with van der Waals surface area (Å²) in [7, 11) is 1.58. The third-order valence-electron chi connectivity index (χ3n) is 4.54. The van der Waals surface area contributed by atoms with Gasteiger partial charge in [-0.1, -0.05) is 6.92 Å². The molecular formula is C16H26N2O6. The van der Waals surface area contributed by atoms with Gasteiger partial charge in [-0.3, -0.25) is 14.3 Å². The lowest BCUT2D eigenvalue weighted by Gasteiger charge is -2.28. The van der Waals surface area contributed by atoms with Crippen molar-refractivity contribution in [1.29, 1.82) is 0 Å². The van der Waals surface area contributed by atoms with Crippen molar-refractivity contribution in [3.63, 3.8) is 0 Å². The van der Waals surface area contributed by atoms with Crippen molar-refractivity contribution in [1.82, 2.24) is 9.55 Å². The number of aromatic amines is 1. The van der Waals surface area contributed by atoms with Crippen LogP contribution in [0.15, 0.2) is 15.8 Å². The highest BCUT2D eigenvalue weighted by atomic mass is 16.6. The first-order valence-corrected chi connectivity index (χ1v) is 8.14. The van der Waals surface area contributed by atoms with E-state index < -0.39 is 35.8 Å². The van der Waals surface area contributed by atoms with Crippen LogP contribution in [0.5, 0.6) is 0 Å². The van der Waals surface area contributed by atoms with Crippen LogP contribution in [0.4, 0.5) is 0 Å². The zero-order chi connectivity index (χ0) is 18.0. The average Bonchev–Trinajstić information content (AvgIpc) is 2.86. The van der Waals surface area contributed by atoms with Crippen molar-refractivity contribution in [3.8, 4) is 0 Å². The van der Waals surface area contributed by atoms with E-state index in [9.17, 15) is 14.7 Å². The molecule has 8 nitrogen and oxygen atoms in total. The Bertz CT molecular complexity index is 669. The van der Waals surface area contributed by atoms with Crippen LogP contribution in [-0.4, -0.2) is 52.3 Å². The van der Waals surface area contributed by atoms with Gasteiger partial charge in [-0.25, -0.2) is 4.79 Å². The molecule has 6 atom stereocenters. The Morgan fingerprint density at radius 3 is 2.62 bits per heavy atom. The monoisotopic (exact) mass is 342 g/mol. The molecule has 8 heteroatoms. The summed E-state index contributed by atoms with van der Waals surface area (Å²) < 4.78 is 18.3. The van der Waals surface area contributed by atoms with Crippen molar-refractivity contribution in [2.75, 3.05) is 7.11 Å². The zero-order valence-electron chi connectivity index (χ0n) is 14.7. The second kappa shape index (κ2) is 7.60. The number of H-pyrrole nitrogens is 1.